The lowest BCUT2D eigenvalue weighted by Crippen LogP contribution is -2.42. The number of hydrogen-bond acceptors (Lipinski definition) is 5. The van der Waals surface area contributed by atoms with Gasteiger partial charge in [-0.25, -0.2) is 4.79 Å². The van der Waals surface area contributed by atoms with Gasteiger partial charge in [0.25, 0.3) is 5.91 Å². The van der Waals surface area contributed by atoms with Crippen molar-refractivity contribution in [1.82, 2.24) is 5.32 Å². The van der Waals surface area contributed by atoms with E-state index >= 15 is 0 Å². The van der Waals surface area contributed by atoms with Gasteiger partial charge in [0.15, 0.2) is 0 Å². The van der Waals surface area contributed by atoms with Crippen LogP contribution in [0, 0.1) is 0 Å². The van der Waals surface area contributed by atoms with Crippen molar-refractivity contribution < 1.29 is 24.2 Å². The molecule has 0 aliphatic heterocycles. The highest BCUT2D eigenvalue weighted by Crippen LogP contribution is 2.22. The van der Waals surface area contributed by atoms with Gasteiger partial charge in [0, 0.05) is 4.47 Å². The number of aliphatic carboxylic acids is 1. The average molecular weight is 336 g/mol. The molecule has 0 aromatic carbocycles. The third-order valence-corrected chi connectivity index (χ3v) is 3.86. The number of rotatable bonds is 5. The fourth-order valence-electron chi connectivity index (χ4n) is 1.13. The third-order valence-electron chi connectivity index (χ3n) is 2.03. The van der Waals surface area contributed by atoms with Gasteiger partial charge < -0.3 is 15.2 Å². The molecular weight excluding hydrogens is 326 g/mol. The fraction of sp³-hybridized carbons (Fsp3) is 0.300. The molecule has 2 N–H and O–H groups in total. The van der Waals surface area contributed by atoms with Crippen LogP contribution in [0.4, 0.5) is 0 Å². The number of halogens is 1. The Bertz CT molecular complexity index is 473. The standard InChI is InChI=1S/C10H10BrNO5S/c1-17-7(13)4-6(10(15)16)12-9(14)8-5(11)2-3-18-8/h2-3,6H,4H2,1H3,(H,12,14)(H,15,16)/t6-/m1/s1. The van der Waals surface area contributed by atoms with Crippen LogP contribution in [0.25, 0.3) is 0 Å². The number of thiophene rings is 1. The van der Waals surface area contributed by atoms with Crippen molar-refractivity contribution in [3.63, 3.8) is 0 Å². The topological polar surface area (TPSA) is 92.7 Å². The molecule has 1 amide bonds. The summed E-state index contributed by atoms with van der Waals surface area (Å²) in [6.07, 6.45) is -0.416. The summed E-state index contributed by atoms with van der Waals surface area (Å²) in [5.41, 5.74) is 0. The molecule has 0 fully saturated rings. The summed E-state index contributed by atoms with van der Waals surface area (Å²) in [4.78, 5) is 34.0. The predicted molar refractivity (Wildman–Crippen MR) is 67.5 cm³/mol. The first-order chi connectivity index (χ1) is 8.45. The van der Waals surface area contributed by atoms with E-state index in [2.05, 4.69) is 26.0 Å². The van der Waals surface area contributed by atoms with Gasteiger partial charge in [-0.2, -0.15) is 0 Å². The molecule has 1 aromatic heterocycles. The Morgan fingerprint density at radius 1 is 1.56 bits per heavy atom. The first kappa shape index (κ1) is 14.7. The number of carboxylic acid groups (broad SMARTS) is 1. The zero-order valence-electron chi connectivity index (χ0n) is 9.31. The summed E-state index contributed by atoms with van der Waals surface area (Å²) in [6.45, 7) is 0. The van der Waals surface area contributed by atoms with E-state index in [0.29, 0.717) is 9.35 Å². The quantitative estimate of drug-likeness (QED) is 0.790. The van der Waals surface area contributed by atoms with Crippen LogP contribution < -0.4 is 5.32 Å². The number of hydrogen-bond donors (Lipinski definition) is 2. The Hall–Kier alpha value is -1.41. The first-order valence-electron chi connectivity index (χ1n) is 4.79. The minimum absolute atomic E-state index is 0.353. The summed E-state index contributed by atoms with van der Waals surface area (Å²) in [7, 11) is 1.15. The molecule has 0 aliphatic carbocycles. The van der Waals surface area contributed by atoms with E-state index in [1.165, 1.54) is 11.3 Å². The molecule has 0 saturated carbocycles. The lowest BCUT2D eigenvalue weighted by molar-refractivity contribution is -0.147. The van der Waals surface area contributed by atoms with Crippen molar-refractivity contribution in [3.8, 4) is 0 Å². The van der Waals surface area contributed by atoms with Crippen LogP contribution >= 0.6 is 27.3 Å². The molecule has 0 spiro atoms. The SMILES string of the molecule is COC(=O)C[C@@H](NC(=O)c1sccc1Br)C(=O)O. The number of amides is 1. The first-order valence-corrected chi connectivity index (χ1v) is 6.46. The number of esters is 1. The van der Waals surface area contributed by atoms with Crippen molar-refractivity contribution in [2.45, 2.75) is 12.5 Å². The molecule has 0 radical (unpaired) electrons. The van der Waals surface area contributed by atoms with E-state index < -0.39 is 30.3 Å². The zero-order valence-corrected chi connectivity index (χ0v) is 11.7. The highest BCUT2D eigenvalue weighted by molar-refractivity contribution is 9.10. The molecule has 6 nitrogen and oxygen atoms in total. The smallest absolute Gasteiger partial charge is 0.326 e. The average Bonchev–Trinajstić information content (AvgIpc) is 2.74. The van der Waals surface area contributed by atoms with Crippen LogP contribution in [0.5, 0.6) is 0 Å². The second-order valence-corrected chi connectivity index (χ2v) is 5.01. The number of nitrogens with one attached hydrogen (secondary N) is 1. The van der Waals surface area contributed by atoms with Crippen LogP contribution in [0.3, 0.4) is 0 Å². The lowest BCUT2D eigenvalue weighted by atomic mass is 10.2. The Labute approximate surface area is 115 Å². The van der Waals surface area contributed by atoms with Crippen LogP contribution in [-0.2, 0) is 14.3 Å². The second kappa shape index (κ2) is 6.50. The second-order valence-electron chi connectivity index (χ2n) is 3.24. The fourth-order valence-corrected chi connectivity index (χ4v) is 2.58. The molecule has 18 heavy (non-hydrogen) atoms. The van der Waals surface area contributed by atoms with Gasteiger partial charge in [0.05, 0.1) is 13.5 Å². The van der Waals surface area contributed by atoms with Crippen molar-refractivity contribution in [2.24, 2.45) is 0 Å². The molecule has 1 heterocycles. The van der Waals surface area contributed by atoms with Crippen LogP contribution in [0.15, 0.2) is 15.9 Å². The van der Waals surface area contributed by atoms with Gasteiger partial charge in [-0.15, -0.1) is 11.3 Å². The molecule has 0 saturated heterocycles. The minimum atomic E-state index is -1.31. The van der Waals surface area contributed by atoms with E-state index in [4.69, 9.17) is 5.11 Å². The van der Waals surface area contributed by atoms with Crippen LogP contribution in [-0.4, -0.2) is 36.1 Å². The Morgan fingerprint density at radius 3 is 2.67 bits per heavy atom. The van der Waals surface area contributed by atoms with Gasteiger partial charge in [-0.05, 0) is 27.4 Å². The summed E-state index contributed by atoms with van der Waals surface area (Å²) in [5.74, 6) is -2.54. The highest BCUT2D eigenvalue weighted by Gasteiger charge is 2.25. The molecule has 8 heteroatoms. The molecule has 1 atom stereocenters. The van der Waals surface area contributed by atoms with Gasteiger partial charge >= 0.3 is 11.9 Å². The van der Waals surface area contributed by atoms with Crippen molar-refractivity contribution >= 4 is 45.1 Å². The number of carboxylic acids is 1. The van der Waals surface area contributed by atoms with Gasteiger partial charge in [0.2, 0.25) is 0 Å². The summed E-state index contributed by atoms with van der Waals surface area (Å²) in [6, 6.07) is 0.370. The summed E-state index contributed by atoms with van der Waals surface area (Å²) >= 11 is 4.34. The molecular formula is C10H10BrNO5S. The molecule has 0 unspecified atom stereocenters. The monoisotopic (exact) mass is 335 g/mol. The van der Waals surface area contributed by atoms with Gasteiger partial charge in [0.1, 0.15) is 10.9 Å². The normalized spacial score (nSPS) is 11.7. The van der Waals surface area contributed by atoms with E-state index in [9.17, 15) is 14.4 Å². The molecule has 98 valence electrons. The van der Waals surface area contributed by atoms with Gasteiger partial charge in [-0.1, -0.05) is 0 Å². The maximum Gasteiger partial charge on any atom is 0.326 e. The van der Waals surface area contributed by atoms with Crippen molar-refractivity contribution in [3.05, 3.63) is 20.8 Å². The molecule has 0 aliphatic rings. The number of methoxy groups -OCH3 is 1. The lowest BCUT2D eigenvalue weighted by Gasteiger charge is -2.12. The molecule has 1 rings (SSSR count). The zero-order chi connectivity index (χ0) is 13.7. The minimum Gasteiger partial charge on any atom is -0.480 e. The largest absolute Gasteiger partial charge is 0.480 e. The van der Waals surface area contributed by atoms with Gasteiger partial charge in [-0.3, -0.25) is 9.59 Å². The molecule has 0 bridgehead atoms. The highest BCUT2D eigenvalue weighted by atomic mass is 79.9. The number of ether oxygens (including phenoxy) is 1. The van der Waals surface area contributed by atoms with E-state index in [-0.39, 0.29) is 0 Å². The Balaban J connectivity index is 2.73. The summed E-state index contributed by atoms with van der Waals surface area (Å²) in [5, 5.41) is 12.9. The van der Waals surface area contributed by atoms with Crippen LogP contribution in [0.1, 0.15) is 16.1 Å². The number of carbonyl (C=O) groups excluding carboxylic acids is 2. The van der Waals surface area contributed by atoms with Crippen molar-refractivity contribution in [2.75, 3.05) is 7.11 Å². The molecule has 1 aromatic rings. The maximum absolute atomic E-state index is 11.8. The van der Waals surface area contributed by atoms with Crippen molar-refractivity contribution in [1.29, 1.82) is 0 Å². The maximum atomic E-state index is 11.8. The summed E-state index contributed by atoms with van der Waals surface area (Å²) < 4.78 is 4.94. The van der Waals surface area contributed by atoms with Crippen LogP contribution in [0.2, 0.25) is 0 Å². The number of carbonyl (C=O) groups is 3. The Morgan fingerprint density at radius 2 is 2.22 bits per heavy atom. The Kier molecular flexibility index (Phi) is 5.29. The third kappa shape index (κ3) is 3.81. The van der Waals surface area contributed by atoms with E-state index in [1.807, 2.05) is 0 Å². The van der Waals surface area contributed by atoms with E-state index in [1.54, 1.807) is 11.4 Å². The van der Waals surface area contributed by atoms with E-state index in [0.717, 1.165) is 7.11 Å². The predicted octanol–water partition coefficient (Wildman–Crippen LogP) is 1.26.